The molecule has 35 heavy (non-hydrogen) atoms. The number of carbonyl (C=O) groups excluding carboxylic acids is 2. The fourth-order valence-electron chi connectivity index (χ4n) is 4.25. The van der Waals surface area contributed by atoms with Gasteiger partial charge in [0.25, 0.3) is 5.91 Å². The number of sulfonamides is 1. The number of hydrogen-bond donors (Lipinski definition) is 1. The van der Waals surface area contributed by atoms with Gasteiger partial charge in [0.1, 0.15) is 0 Å². The smallest absolute Gasteiger partial charge is 0.256 e. The lowest BCUT2D eigenvalue weighted by Gasteiger charge is -2.34. The van der Waals surface area contributed by atoms with E-state index in [1.54, 1.807) is 11.0 Å². The minimum Gasteiger partial charge on any atom is -0.336 e. The highest BCUT2D eigenvalue weighted by molar-refractivity contribution is 7.89. The number of fused-ring (bicyclic) bond motifs is 1. The Hall–Kier alpha value is -3.74. The van der Waals surface area contributed by atoms with Crippen LogP contribution in [-0.4, -0.2) is 55.6 Å². The van der Waals surface area contributed by atoms with Crippen molar-refractivity contribution in [2.24, 2.45) is 5.92 Å². The van der Waals surface area contributed by atoms with Gasteiger partial charge in [-0.1, -0.05) is 24.3 Å². The highest BCUT2D eigenvalue weighted by Gasteiger charge is 2.33. The second kappa shape index (κ2) is 9.13. The summed E-state index contributed by atoms with van der Waals surface area (Å²) in [5.41, 5.74) is 1.28. The van der Waals surface area contributed by atoms with Gasteiger partial charge >= 0.3 is 0 Å². The molecule has 2 fully saturated rings. The molecule has 2 amide bonds. The fourth-order valence-corrected chi connectivity index (χ4v) is 5.68. The van der Waals surface area contributed by atoms with E-state index in [2.05, 4.69) is 5.32 Å². The number of anilines is 1. The maximum atomic E-state index is 13.5. The standard InChI is InChI=1S/C26H24N4O4S/c27-17-18-5-9-22(10-6-18)35(33,34)30-13-11-29(12-14-30)26(32)23-15-20-3-1-2-4-21(20)16-24(23)28-25(31)19-7-8-19/h1-6,9-10,15-16,19H,7-8,11-14H2,(H,28,31). The monoisotopic (exact) mass is 488 g/mol. The van der Waals surface area contributed by atoms with Crippen LogP contribution >= 0.6 is 0 Å². The maximum Gasteiger partial charge on any atom is 0.256 e. The zero-order valence-corrected chi connectivity index (χ0v) is 19.8. The quantitative estimate of drug-likeness (QED) is 0.593. The summed E-state index contributed by atoms with van der Waals surface area (Å²) in [6.45, 7) is 0.783. The molecule has 3 aromatic rings. The summed E-state index contributed by atoms with van der Waals surface area (Å²) in [4.78, 5) is 27.7. The topological polar surface area (TPSA) is 111 Å². The summed E-state index contributed by atoms with van der Waals surface area (Å²) in [7, 11) is -3.73. The van der Waals surface area contributed by atoms with Crippen molar-refractivity contribution in [3.63, 3.8) is 0 Å². The summed E-state index contributed by atoms with van der Waals surface area (Å²) in [5, 5.41) is 13.7. The maximum absolute atomic E-state index is 13.5. The highest BCUT2D eigenvalue weighted by atomic mass is 32.2. The minimum absolute atomic E-state index is 0.000369. The van der Waals surface area contributed by atoms with Crippen molar-refractivity contribution in [2.75, 3.05) is 31.5 Å². The molecule has 0 radical (unpaired) electrons. The molecule has 0 aromatic heterocycles. The molecule has 1 saturated heterocycles. The molecular formula is C26H24N4O4S. The molecule has 0 spiro atoms. The van der Waals surface area contributed by atoms with Gasteiger partial charge in [-0.25, -0.2) is 8.42 Å². The lowest BCUT2D eigenvalue weighted by molar-refractivity contribution is -0.117. The van der Waals surface area contributed by atoms with E-state index in [4.69, 9.17) is 5.26 Å². The Labute approximate surface area is 203 Å². The Morgan fingerprint density at radius 3 is 2.14 bits per heavy atom. The van der Waals surface area contributed by atoms with Gasteiger partial charge in [-0.15, -0.1) is 0 Å². The summed E-state index contributed by atoms with van der Waals surface area (Å²) in [6, 6.07) is 19.1. The van der Waals surface area contributed by atoms with Crippen molar-refractivity contribution >= 4 is 38.3 Å². The first-order chi connectivity index (χ1) is 16.9. The predicted molar refractivity (Wildman–Crippen MR) is 131 cm³/mol. The van der Waals surface area contributed by atoms with Crippen LogP contribution in [0.25, 0.3) is 10.8 Å². The van der Waals surface area contributed by atoms with E-state index in [9.17, 15) is 18.0 Å². The predicted octanol–water partition coefficient (Wildman–Crippen LogP) is 3.21. The third-order valence-corrected chi connectivity index (χ3v) is 8.38. The van der Waals surface area contributed by atoms with Crippen molar-refractivity contribution in [3.05, 3.63) is 71.8 Å². The number of nitrogens with one attached hydrogen (secondary N) is 1. The SMILES string of the molecule is N#Cc1ccc(S(=O)(=O)N2CCN(C(=O)c3cc4ccccc4cc3NC(=O)C3CC3)CC2)cc1. The summed E-state index contributed by atoms with van der Waals surface area (Å²) >= 11 is 0. The van der Waals surface area contributed by atoms with Crippen LogP contribution < -0.4 is 5.32 Å². The van der Waals surface area contributed by atoms with Gasteiger partial charge in [0, 0.05) is 32.1 Å². The van der Waals surface area contributed by atoms with E-state index >= 15 is 0 Å². The molecule has 2 aliphatic rings. The number of rotatable bonds is 5. The van der Waals surface area contributed by atoms with E-state index in [0.717, 1.165) is 23.6 Å². The van der Waals surface area contributed by atoms with Crippen LogP contribution in [0, 0.1) is 17.2 Å². The van der Waals surface area contributed by atoms with E-state index in [1.165, 1.54) is 28.6 Å². The van der Waals surface area contributed by atoms with Crippen molar-refractivity contribution in [2.45, 2.75) is 17.7 Å². The van der Waals surface area contributed by atoms with Gasteiger partial charge < -0.3 is 10.2 Å². The number of piperazine rings is 1. The van der Waals surface area contributed by atoms with Crippen LogP contribution in [0.15, 0.2) is 65.6 Å². The molecule has 9 heteroatoms. The number of amides is 2. The van der Waals surface area contributed by atoms with E-state index in [0.29, 0.717) is 16.8 Å². The first kappa shape index (κ1) is 23.0. The molecule has 5 rings (SSSR count). The molecule has 178 valence electrons. The molecule has 0 atom stereocenters. The first-order valence-corrected chi connectivity index (χ1v) is 12.9. The Morgan fingerprint density at radius 1 is 0.914 bits per heavy atom. The molecule has 0 bridgehead atoms. The van der Waals surface area contributed by atoms with Crippen LogP contribution in [0.4, 0.5) is 5.69 Å². The van der Waals surface area contributed by atoms with Gasteiger partial charge in [0.15, 0.2) is 0 Å². The third-order valence-electron chi connectivity index (χ3n) is 6.47. The molecule has 1 aliphatic heterocycles. The molecule has 8 nitrogen and oxygen atoms in total. The molecule has 1 aliphatic carbocycles. The Kier molecular flexibility index (Phi) is 6.01. The van der Waals surface area contributed by atoms with Crippen molar-refractivity contribution < 1.29 is 18.0 Å². The number of nitriles is 1. The summed E-state index contributed by atoms with van der Waals surface area (Å²) in [6.07, 6.45) is 1.72. The first-order valence-electron chi connectivity index (χ1n) is 11.5. The second-order valence-corrected chi connectivity index (χ2v) is 10.8. The van der Waals surface area contributed by atoms with Crippen molar-refractivity contribution in [1.29, 1.82) is 5.26 Å². The van der Waals surface area contributed by atoms with Gasteiger partial charge in [-0.05, 0) is 60.0 Å². The van der Waals surface area contributed by atoms with Gasteiger partial charge in [0.05, 0.1) is 27.8 Å². The van der Waals surface area contributed by atoms with E-state index < -0.39 is 10.0 Å². The Morgan fingerprint density at radius 2 is 1.54 bits per heavy atom. The second-order valence-electron chi connectivity index (χ2n) is 8.84. The number of benzene rings is 3. The molecule has 1 saturated carbocycles. The lowest BCUT2D eigenvalue weighted by atomic mass is 10.0. The van der Waals surface area contributed by atoms with Crippen LogP contribution in [0.2, 0.25) is 0 Å². The molecule has 3 aromatic carbocycles. The highest BCUT2D eigenvalue weighted by Crippen LogP contribution is 2.32. The largest absolute Gasteiger partial charge is 0.336 e. The van der Waals surface area contributed by atoms with Gasteiger partial charge in [-0.2, -0.15) is 9.57 Å². The molecule has 1 heterocycles. The molecular weight excluding hydrogens is 464 g/mol. The van der Waals surface area contributed by atoms with E-state index in [1.807, 2.05) is 36.4 Å². The summed E-state index contributed by atoms with van der Waals surface area (Å²) in [5.74, 6) is -0.315. The average molecular weight is 489 g/mol. The minimum atomic E-state index is -3.73. The number of carbonyl (C=O) groups is 2. The Balaban J connectivity index is 1.35. The lowest BCUT2D eigenvalue weighted by Crippen LogP contribution is -2.50. The van der Waals surface area contributed by atoms with E-state index in [-0.39, 0.29) is 48.8 Å². The van der Waals surface area contributed by atoms with Crippen LogP contribution in [0.1, 0.15) is 28.8 Å². The van der Waals surface area contributed by atoms with Crippen molar-refractivity contribution in [1.82, 2.24) is 9.21 Å². The molecule has 1 N–H and O–H groups in total. The zero-order valence-electron chi connectivity index (χ0n) is 19.0. The number of hydrogen-bond acceptors (Lipinski definition) is 5. The van der Waals surface area contributed by atoms with Crippen molar-refractivity contribution in [3.8, 4) is 6.07 Å². The van der Waals surface area contributed by atoms with Crippen LogP contribution in [0.3, 0.4) is 0 Å². The Bertz CT molecular complexity index is 1450. The third kappa shape index (κ3) is 4.63. The number of nitrogens with zero attached hydrogens (tertiary/aromatic N) is 3. The molecule has 0 unspecified atom stereocenters. The average Bonchev–Trinajstić information content (AvgIpc) is 3.74. The van der Waals surface area contributed by atoms with Crippen LogP contribution in [0.5, 0.6) is 0 Å². The van der Waals surface area contributed by atoms with Gasteiger partial charge in [-0.3, -0.25) is 9.59 Å². The van der Waals surface area contributed by atoms with Crippen LogP contribution in [-0.2, 0) is 14.8 Å². The fraction of sp³-hybridized carbons (Fsp3) is 0.269. The summed E-state index contributed by atoms with van der Waals surface area (Å²) < 4.78 is 27.4. The van der Waals surface area contributed by atoms with Gasteiger partial charge in [0.2, 0.25) is 15.9 Å². The normalized spacial score (nSPS) is 16.6. The zero-order chi connectivity index (χ0) is 24.6.